The number of carbonyl (C=O) groups is 2. The number of nitrogens with zero attached hydrogens (tertiary/aromatic N) is 2. The van der Waals surface area contributed by atoms with E-state index in [1.54, 1.807) is 0 Å². The maximum atomic E-state index is 12.7. The van der Waals surface area contributed by atoms with Crippen molar-refractivity contribution in [2.24, 2.45) is 0 Å². The Morgan fingerprint density at radius 1 is 0.926 bits per heavy atom. The van der Waals surface area contributed by atoms with Crippen molar-refractivity contribution in [3.63, 3.8) is 0 Å². The van der Waals surface area contributed by atoms with E-state index < -0.39 is 0 Å². The zero-order valence-corrected chi connectivity index (χ0v) is 16.1. The maximum absolute atomic E-state index is 12.7. The monoisotopic (exact) mass is 365 g/mol. The van der Waals surface area contributed by atoms with Crippen molar-refractivity contribution in [2.75, 3.05) is 38.0 Å². The van der Waals surface area contributed by atoms with Gasteiger partial charge in [0.05, 0.1) is 6.54 Å². The van der Waals surface area contributed by atoms with Gasteiger partial charge >= 0.3 is 0 Å². The van der Waals surface area contributed by atoms with Crippen molar-refractivity contribution in [1.29, 1.82) is 0 Å². The summed E-state index contributed by atoms with van der Waals surface area (Å²) in [7, 11) is 0. The van der Waals surface area contributed by atoms with E-state index in [-0.39, 0.29) is 11.8 Å². The second kappa shape index (κ2) is 8.82. The zero-order valence-electron chi connectivity index (χ0n) is 16.1. The molecule has 27 heavy (non-hydrogen) atoms. The fourth-order valence-electron chi connectivity index (χ4n) is 3.33. The van der Waals surface area contributed by atoms with E-state index in [0.29, 0.717) is 19.6 Å². The van der Waals surface area contributed by atoms with Gasteiger partial charge in [-0.25, -0.2) is 0 Å². The Hall–Kier alpha value is -2.66. The lowest BCUT2D eigenvalue weighted by molar-refractivity contribution is -0.117. The van der Waals surface area contributed by atoms with Gasteiger partial charge in [0, 0.05) is 37.4 Å². The van der Waals surface area contributed by atoms with Crippen LogP contribution in [-0.2, 0) is 4.79 Å². The van der Waals surface area contributed by atoms with Crippen LogP contribution in [0.4, 0.5) is 5.69 Å². The Balaban J connectivity index is 1.52. The summed E-state index contributed by atoms with van der Waals surface area (Å²) >= 11 is 0. The maximum Gasteiger partial charge on any atom is 0.253 e. The number of nitrogens with one attached hydrogen (secondary N) is 1. The lowest BCUT2D eigenvalue weighted by Gasteiger charge is -2.22. The van der Waals surface area contributed by atoms with Crippen LogP contribution in [0.3, 0.4) is 0 Å². The lowest BCUT2D eigenvalue weighted by atomic mass is 10.1. The number of benzene rings is 2. The molecule has 2 amide bonds. The molecule has 0 radical (unpaired) electrons. The molecule has 1 aliphatic heterocycles. The van der Waals surface area contributed by atoms with Crippen molar-refractivity contribution in [2.45, 2.75) is 20.3 Å². The molecular formula is C22H27N3O2. The van der Waals surface area contributed by atoms with E-state index in [4.69, 9.17) is 0 Å². The van der Waals surface area contributed by atoms with Crippen LogP contribution in [0.2, 0.25) is 0 Å². The molecule has 1 saturated heterocycles. The average molecular weight is 365 g/mol. The number of anilines is 1. The molecule has 0 unspecified atom stereocenters. The van der Waals surface area contributed by atoms with Crippen molar-refractivity contribution >= 4 is 17.5 Å². The Labute approximate surface area is 161 Å². The van der Waals surface area contributed by atoms with Gasteiger partial charge in [0.15, 0.2) is 0 Å². The lowest BCUT2D eigenvalue weighted by Crippen LogP contribution is -2.38. The number of hydrogen-bond acceptors (Lipinski definition) is 3. The number of rotatable bonds is 4. The van der Waals surface area contributed by atoms with Gasteiger partial charge in [-0.3, -0.25) is 14.5 Å². The summed E-state index contributed by atoms with van der Waals surface area (Å²) in [6.45, 7) is 7.26. The van der Waals surface area contributed by atoms with E-state index in [9.17, 15) is 9.59 Å². The first-order valence-corrected chi connectivity index (χ1v) is 9.46. The zero-order chi connectivity index (χ0) is 19.2. The minimum atomic E-state index is -0.0164. The van der Waals surface area contributed by atoms with Gasteiger partial charge in [0.2, 0.25) is 5.91 Å². The van der Waals surface area contributed by atoms with Gasteiger partial charge in [0.1, 0.15) is 0 Å². The van der Waals surface area contributed by atoms with Gasteiger partial charge in [-0.1, -0.05) is 35.4 Å². The van der Waals surface area contributed by atoms with Crippen LogP contribution in [0, 0.1) is 13.8 Å². The van der Waals surface area contributed by atoms with E-state index in [1.807, 2.05) is 67.3 Å². The fraction of sp³-hybridized carbons (Fsp3) is 0.364. The van der Waals surface area contributed by atoms with Gasteiger partial charge in [0.25, 0.3) is 5.91 Å². The number of carbonyl (C=O) groups excluding carboxylic acids is 2. The van der Waals surface area contributed by atoms with Gasteiger partial charge in [-0.2, -0.15) is 0 Å². The summed E-state index contributed by atoms with van der Waals surface area (Å²) in [5.41, 5.74) is 3.81. The van der Waals surface area contributed by atoms with E-state index >= 15 is 0 Å². The topological polar surface area (TPSA) is 52.7 Å². The molecule has 1 heterocycles. The van der Waals surface area contributed by atoms with Crippen LogP contribution < -0.4 is 5.32 Å². The molecule has 5 nitrogen and oxygen atoms in total. The standard InChI is InChI=1S/C22H27N3O2/c1-17-7-9-20(10-8-17)23-21(26)16-24-11-4-12-25(14-13-24)22(27)19-6-3-5-18(2)15-19/h3,5-10,15H,4,11-14,16H2,1-2H3,(H,23,26). The second-order valence-electron chi connectivity index (χ2n) is 7.21. The molecule has 1 aliphatic rings. The Morgan fingerprint density at radius 2 is 1.70 bits per heavy atom. The largest absolute Gasteiger partial charge is 0.337 e. The van der Waals surface area contributed by atoms with Gasteiger partial charge in [-0.15, -0.1) is 0 Å². The first-order chi connectivity index (χ1) is 13.0. The Bertz CT molecular complexity index is 801. The molecule has 0 saturated carbocycles. The highest BCUT2D eigenvalue weighted by Crippen LogP contribution is 2.12. The van der Waals surface area contributed by atoms with Crippen LogP contribution in [0.25, 0.3) is 0 Å². The third kappa shape index (κ3) is 5.41. The molecule has 0 bridgehead atoms. The summed E-state index contributed by atoms with van der Waals surface area (Å²) in [4.78, 5) is 29.1. The molecule has 0 aromatic heterocycles. The van der Waals surface area contributed by atoms with Crippen LogP contribution in [0.5, 0.6) is 0 Å². The summed E-state index contributed by atoms with van der Waals surface area (Å²) < 4.78 is 0. The summed E-state index contributed by atoms with van der Waals surface area (Å²) in [5, 5.41) is 2.94. The van der Waals surface area contributed by atoms with E-state index in [2.05, 4.69) is 10.2 Å². The molecule has 1 N–H and O–H groups in total. The number of aryl methyl sites for hydroxylation is 2. The number of hydrogen-bond donors (Lipinski definition) is 1. The summed E-state index contributed by atoms with van der Waals surface area (Å²) in [5.74, 6) is 0.0574. The van der Waals surface area contributed by atoms with Crippen LogP contribution in [-0.4, -0.2) is 54.3 Å². The minimum Gasteiger partial charge on any atom is -0.337 e. The molecule has 2 aromatic carbocycles. The second-order valence-corrected chi connectivity index (χ2v) is 7.21. The quantitative estimate of drug-likeness (QED) is 0.906. The van der Waals surface area contributed by atoms with Crippen LogP contribution in [0.15, 0.2) is 48.5 Å². The third-order valence-corrected chi connectivity index (χ3v) is 4.84. The predicted octanol–water partition coefficient (Wildman–Crippen LogP) is 3.09. The van der Waals surface area contributed by atoms with E-state index in [1.165, 1.54) is 5.56 Å². The SMILES string of the molecule is Cc1ccc(NC(=O)CN2CCCN(C(=O)c3cccc(C)c3)CC2)cc1. The first kappa shape index (κ1) is 19.1. The molecule has 1 fully saturated rings. The average Bonchev–Trinajstić information content (AvgIpc) is 2.88. The molecule has 0 atom stereocenters. The van der Waals surface area contributed by atoms with Crippen molar-refractivity contribution < 1.29 is 9.59 Å². The molecule has 2 aromatic rings. The third-order valence-electron chi connectivity index (χ3n) is 4.84. The fourth-order valence-corrected chi connectivity index (χ4v) is 3.33. The van der Waals surface area contributed by atoms with Crippen molar-refractivity contribution in [3.8, 4) is 0 Å². The summed E-state index contributed by atoms with van der Waals surface area (Å²) in [6, 6.07) is 15.5. The molecule has 0 spiro atoms. The minimum absolute atomic E-state index is 0.0164. The molecular weight excluding hydrogens is 338 g/mol. The van der Waals surface area contributed by atoms with Crippen molar-refractivity contribution in [1.82, 2.24) is 9.80 Å². The Kier molecular flexibility index (Phi) is 6.24. The van der Waals surface area contributed by atoms with Crippen molar-refractivity contribution in [3.05, 3.63) is 65.2 Å². The van der Waals surface area contributed by atoms with Crippen LogP contribution >= 0.6 is 0 Å². The van der Waals surface area contributed by atoms with Gasteiger partial charge < -0.3 is 10.2 Å². The molecule has 3 rings (SSSR count). The Morgan fingerprint density at radius 3 is 2.44 bits per heavy atom. The summed E-state index contributed by atoms with van der Waals surface area (Å²) in [6.07, 6.45) is 0.870. The first-order valence-electron chi connectivity index (χ1n) is 9.46. The van der Waals surface area contributed by atoms with Crippen LogP contribution in [0.1, 0.15) is 27.9 Å². The highest BCUT2D eigenvalue weighted by molar-refractivity contribution is 5.94. The molecule has 142 valence electrons. The number of amides is 2. The van der Waals surface area contributed by atoms with E-state index in [0.717, 1.165) is 36.3 Å². The highest BCUT2D eigenvalue weighted by atomic mass is 16.2. The predicted molar refractivity (Wildman–Crippen MR) is 108 cm³/mol. The highest BCUT2D eigenvalue weighted by Gasteiger charge is 2.21. The van der Waals surface area contributed by atoms with Gasteiger partial charge in [-0.05, 0) is 44.5 Å². The molecule has 0 aliphatic carbocycles. The normalized spacial score (nSPS) is 15.3. The molecule has 5 heteroatoms. The smallest absolute Gasteiger partial charge is 0.253 e.